The van der Waals surface area contributed by atoms with E-state index < -0.39 is 0 Å². The molecule has 0 aliphatic carbocycles. The van der Waals surface area contributed by atoms with Gasteiger partial charge in [-0.05, 0) is 19.9 Å². The number of nitrogens with zero attached hydrogens (tertiary/aromatic N) is 2. The summed E-state index contributed by atoms with van der Waals surface area (Å²) in [5, 5.41) is 0. The van der Waals surface area contributed by atoms with Crippen molar-refractivity contribution in [1.29, 1.82) is 0 Å². The fourth-order valence-corrected chi connectivity index (χ4v) is 1.80. The van der Waals surface area contributed by atoms with Crippen LogP contribution < -0.4 is 15.4 Å². The molecule has 1 saturated heterocycles. The van der Waals surface area contributed by atoms with Gasteiger partial charge in [-0.2, -0.15) is 4.98 Å². The van der Waals surface area contributed by atoms with Gasteiger partial charge in [-0.25, -0.2) is 0 Å². The van der Waals surface area contributed by atoms with Gasteiger partial charge >= 0.3 is 0 Å². The van der Waals surface area contributed by atoms with Gasteiger partial charge in [0.25, 0.3) is 0 Å². The van der Waals surface area contributed by atoms with E-state index in [4.69, 9.17) is 10.5 Å². The van der Waals surface area contributed by atoms with Crippen molar-refractivity contribution in [3.63, 3.8) is 0 Å². The first-order valence-corrected chi connectivity index (χ1v) is 5.24. The van der Waals surface area contributed by atoms with Crippen LogP contribution in [0.5, 0.6) is 5.88 Å². The minimum absolute atomic E-state index is 0.0662. The molecule has 4 heteroatoms. The lowest BCUT2D eigenvalue weighted by Crippen LogP contribution is -2.65. The summed E-state index contributed by atoms with van der Waals surface area (Å²) >= 11 is 0. The predicted octanol–water partition coefficient (Wildman–Crippen LogP) is 1.02. The Morgan fingerprint density at radius 3 is 2.87 bits per heavy atom. The van der Waals surface area contributed by atoms with Crippen molar-refractivity contribution in [2.75, 3.05) is 24.6 Å². The minimum atomic E-state index is -0.0662. The Labute approximate surface area is 90.0 Å². The highest BCUT2D eigenvalue weighted by Crippen LogP contribution is 2.25. The summed E-state index contributed by atoms with van der Waals surface area (Å²) in [6.45, 7) is 6.36. The minimum Gasteiger partial charge on any atom is -0.478 e. The van der Waals surface area contributed by atoms with E-state index >= 15 is 0 Å². The molecule has 4 nitrogen and oxygen atoms in total. The van der Waals surface area contributed by atoms with Gasteiger partial charge in [0, 0.05) is 24.7 Å². The fourth-order valence-electron chi connectivity index (χ4n) is 1.80. The quantitative estimate of drug-likeness (QED) is 0.804. The molecule has 82 valence electrons. The summed E-state index contributed by atoms with van der Waals surface area (Å²) in [6, 6.07) is 5.81. The topological polar surface area (TPSA) is 51.4 Å². The van der Waals surface area contributed by atoms with Crippen molar-refractivity contribution in [1.82, 2.24) is 4.98 Å². The Hall–Kier alpha value is -1.29. The van der Waals surface area contributed by atoms with Crippen molar-refractivity contribution in [3.05, 3.63) is 18.2 Å². The molecule has 0 atom stereocenters. The molecule has 0 saturated carbocycles. The summed E-state index contributed by atoms with van der Waals surface area (Å²) in [7, 11) is 0. The predicted molar refractivity (Wildman–Crippen MR) is 60.2 cm³/mol. The van der Waals surface area contributed by atoms with E-state index in [1.807, 2.05) is 25.1 Å². The number of pyridine rings is 1. The number of ether oxygens (including phenoxy) is 1. The first-order chi connectivity index (χ1) is 7.11. The zero-order chi connectivity index (χ0) is 10.9. The highest BCUT2D eigenvalue weighted by Gasteiger charge is 2.35. The van der Waals surface area contributed by atoms with E-state index in [2.05, 4.69) is 16.8 Å². The molecule has 1 aliphatic heterocycles. The van der Waals surface area contributed by atoms with E-state index in [9.17, 15) is 0 Å². The number of anilines is 1. The summed E-state index contributed by atoms with van der Waals surface area (Å²) in [6.07, 6.45) is 0. The van der Waals surface area contributed by atoms with E-state index in [0.717, 1.165) is 18.9 Å². The number of rotatable bonds is 3. The van der Waals surface area contributed by atoms with E-state index in [1.54, 1.807) is 0 Å². The van der Waals surface area contributed by atoms with Crippen molar-refractivity contribution in [2.45, 2.75) is 19.4 Å². The molecule has 0 bridgehead atoms. The first-order valence-electron chi connectivity index (χ1n) is 5.24. The maximum Gasteiger partial charge on any atom is 0.215 e. The van der Waals surface area contributed by atoms with Gasteiger partial charge < -0.3 is 15.4 Å². The van der Waals surface area contributed by atoms with Gasteiger partial charge in [0.2, 0.25) is 5.88 Å². The van der Waals surface area contributed by atoms with Crippen LogP contribution in [0.4, 0.5) is 5.82 Å². The zero-order valence-electron chi connectivity index (χ0n) is 9.23. The normalized spacial score (nSPS) is 18.5. The van der Waals surface area contributed by atoms with Gasteiger partial charge in [0.15, 0.2) is 0 Å². The molecule has 2 rings (SSSR count). The van der Waals surface area contributed by atoms with Crippen molar-refractivity contribution in [3.8, 4) is 5.88 Å². The summed E-state index contributed by atoms with van der Waals surface area (Å²) in [4.78, 5) is 6.55. The number of nitrogens with two attached hydrogens (primary N) is 1. The number of aromatic nitrogens is 1. The number of hydrogen-bond acceptors (Lipinski definition) is 4. The van der Waals surface area contributed by atoms with Gasteiger partial charge in [0.05, 0.1) is 6.61 Å². The second kappa shape index (κ2) is 3.70. The standard InChI is InChI=1S/C11H17N3O/c1-3-15-10-6-4-5-9(13-10)14-7-11(2,12)8-14/h4-6H,3,7-8,12H2,1-2H3. The maximum absolute atomic E-state index is 5.95. The fraction of sp³-hybridized carbons (Fsp3) is 0.545. The average molecular weight is 207 g/mol. The molecule has 0 aromatic carbocycles. The lowest BCUT2D eigenvalue weighted by Gasteiger charge is -2.46. The first kappa shape index (κ1) is 10.2. The van der Waals surface area contributed by atoms with Crippen LogP contribution in [-0.2, 0) is 0 Å². The molecule has 0 radical (unpaired) electrons. The molecule has 2 N–H and O–H groups in total. The second-order valence-electron chi connectivity index (χ2n) is 4.28. The highest BCUT2D eigenvalue weighted by atomic mass is 16.5. The molecule has 1 aromatic heterocycles. The third-order valence-corrected chi connectivity index (χ3v) is 2.43. The molecule has 15 heavy (non-hydrogen) atoms. The van der Waals surface area contributed by atoms with Gasteiger partial charge in [-0.15, -0.1) is 0 Å². The molecule has 0 amide bonds. The average Bonchev–Trinajstić information content (AvgIpc) is 2.15. The van der Waals surface area contributed by atoms with Crippen molar-refractivity contribution in [2.24, 2.45) is 5.73 Å². The van der Waals surface area contributed by atoms with Gasteiger partial charge in [0.1, 0.15) is 5.82 Å². The van der Waals surface area contributed by atoms with E-state index in [0.29, 0.717) is 12.5 Å². The molecule has 1 aliphatic rings. The van der Waals surface area contributed by atoms with Crippen LogP contribution in [0.15, 0.2) is 18.2 Å². The van der Waals surface area contributed by atoms with Gasteiger partial charge in [-0.1, -0.05) is 6.07 Å². The SMILES string of the molecule is CCOc1cccc(N2CC(C)(N)C2)n1. The summed E-state index contributed by atoms with van der Waals surface area (Å²) in [5.74, 6) is 1.63. The molecule has 1 fully saturated rings. The Morgan fingerprint density at radius 1 is 1.53 bits per heavy atom. The summed E-state index contributed by atoms with van der Waals surface area (Å²) < 4.78 is 5.35. The molecule has 1 aromatic rings. The van der Waals surface area contributed by atoms with Crippen LogP contribution >= 0.6 is 0 Å². The Bertz CT molecular complexity index is 343. The highest BCUT2D eigenvalue weighted by molar-refractivity contribution is 5.45. The molecule has 2 heterocycles. The third-order valence-electron chi connectivity index (χ3n) is 2.43. The van der Waals surface area contributed by atoms with E-state index in [1.165, 1.54) is 0 Å². The molecular weight excluding hydrogens is 190 g/mol. The molecular formula is C11H17N3O. The van der Waals surface area contributed by atoms with Crippen molar-refractivity contribution < 1.29 is 4.74 Å². The third kappa shape index (κ3) is 2.21. The molecule has 0 spiro atoms. The van der Waals surface area contributed by atoms with Crippen LogP contribution in [0, 0.1) is 0 Å². The smallest absolute Gasteiger partial charge is 0.215 e. The summed E-state index contributed by atoms with van der Waals surface area (Å²) in [5.41, 5.74) is 5.88. The maximum atomic E-state index is 5.95. The second-order valence-corrected chi connectivity index (χ2v) is 4.28. The lowest BCUT2D eigenvalue weighted by atomic mass is 9.94. The zero-order valence-corrected chi connectivity index (χ0v) is 9.23. The van der Waals surface area contributed by atoms with Crippen molar-refractivity contribution >= 4 is 5.82 Å². The van der Waals surface area contributed by atoms with Crippen LogP contribution in [0.3, 0.4) is 0 Å². The van der Waals surface area contributed by atoms with Crippen LogP contribution in [0.25, 0.3) is 0 Å². The van der Waals surface area contributed by atoms with Crippen LogP contribution in [0.1, 0.15) is 13.8 Å². The largest absolute Gasteiger partial charge is 0.478 e. The van der Waals surface area contributed by atoms with Gasteiger partial charge in [-0.3, -0.25) is 0 Å². The molecule has 0 unspecified atom stereocenters. The lowest BCUT2D eigenvalue weighted by molar-refractivity contribution is 0.323. The van der Waals surface area contributed by atoms with E-state index in [-0.39, 0.29) is 5.54 Å². The Kier molecular flexibility index (Phi) is 2.52. The number of hydrogen-bond donors (Lipinski definition) is 1. The monoisotopic (exact) mass is 207 g/mol. The van der Waals surface area contributed by atoms with Crippen LogP contribution in [0.2, 0.25) is 0 Å². The Balaban J connectivity index is 2.06. The Morgan fingerprint density at radius 2 is 2.27 bits per heavy atom. The van der Waals surface area contributed by atoms with Crippen LogP contribution in [-0.4, -0.2) is 30.2 Å².